The Kier molecular flexibility index (Phi) is 6.47. The van der Waals surface area contributed by atoms with Gasteiger partial charge in [-0.2, -0.15) is 9.61 Å². The second-order valence-corrected chi connectivity index (χ2v) is 9.17. The molecule has 0 saturated carbocycles. The second kappa shape index (κ2) is 9.85. The van der Waals surface area contributed by atoms with Gasteiger partial charge in [0.05, 0.1) is 19.9 Å². The van der Waals surface area contributed by atoms with Crippen LogP contribution in [0.4, 0.5) is 0 Å². The number of piperazine rings is 1. The van der Waals surface area contributed by atoms with Gasteiger partial charge in [-0.3, -0.25) is 14.5 Å². The molecule has 3 heterocycles. The van der Waals surface area contributed by atoms with E-state index in [1.54, 1.807) is 44.6 Å². The van der Waals surface area contributed by atoms with Gasteiger partial charge < -0.3 is 14.4 Å². The van der Waals surface area contributed by atoms with Crippen LogP contribution in [-0.2, 0) is 6.54 Å². The number of amides is 1. The molecule has 1 aliphatic heterocycles. The summed E-state index contributed by atoms with van der Waals surface area (Å²) < 4.78 is 11.7. The van der Waals surface area contributed by atoms with Gasteiger partial charge in [0, 0.05) is 49.9 Å². The first kappa shape index (κ1) is 23.0. The van der Waals surface area contributed by atoms with Crippen LogP contribution in [0, 0.1) is 0 Å². The van der Waals surface area contributed by atoms with Crippen LogP contribution in [0.25, 0.3) is 15.5 Å². The number of benzene rings is 2. The Bertz CT molecular complexity index is 1390. The fourth-order valence-electron chi connectivity index (χ4n) is 4.04. The lowest BCUT2D eigenvalue weighted by Gasteiger charge is -2.34. The average molecular weight is 492 g/mol. The second-order valence-electron chi connectivity index (χ2n) is 8.21. The fourth-order valence-corrected chi connectivity index (χ4v) is 4.97. The lowest BCUT2D eigenvalue weighted by atomic mass is 10.1. The fraction of sp³-hybridized carbons (Fsp3) is 0.280. The van der Waals surface area contributed by atoms with Gasteiger partial charge in [-0.1, -0.05) is 11.3 Å². The maximum absolute atomic E-state index is 12.8. The molecule has 0 atom stereocenters. The number of ether oxygens (including phenoxy) is 2. The first-order chi connectivity index (χ1) is 17.0. The maximum Gasteiger partial charge on any atom is 0.275 e. The zero-order chi connectivity index (χ0) is 24.4. The smallest absolute Gasteiger partial charge is 0.275 e. The molecule has 35 heavy (non-hydrogen) atoms. The number of hydrogen-bond acceptors (Lipinski definition) is 8. The molecule has 4 aromatic rings. The van der Waals surface area contributed by atoms with Gasteiger partial charge >= 0.3 is 0 Å². The Hall–Kier alpha value is -3.76. The lowest BCUT2D eigenvalue weighted by molar-refractivity contribution is 0.0627. The summed E-state index contributed by atoms with van der Waals surface area (Å²) in [6, 6.07) is 16.3. The molecule has 0 radical (unpaired) electrons. The van der Waals surface area contributed by atoms with Gasteiger partial charge in [0.15, 0.2) is 0 Å². The number of fused-ring (bicyclic) bond motifs is 1. The van der Waals surface area contributed by atoms with Crippen LogP contribution in [-0.4, -0.2) is 70.7 Å². The van der Waals surface area contributed by atoms with Crippen molar-refractivity contribution in [3.8, 4) is 22.1 Å². The van der Waals surface area contributed by atoms with E-state index in [-0.39, 0.29) is 11.5 Å². The van der Waals surface area contributed by atoms with Crippen molar-refractivity contribution in [2.75, 3.05) is 40.4 Å². The predicted molar refractivity (Wildman–Crippen MR) is 133 cm³/mol. The van der Waals surface area contributed by atoms with Crippen molar-refractivity contribution < 1.29 is 14.3 Å². The van der Waals surface area contributed by atoms with Crippen LogP contribution in [0.5, 0.6) is 11.5 Å². The molecule has 0 spiro atoms. The molecular weight excluding hydrogens is 466 g/mol. The summed E-state index contributed by atoms with van der Waals surface area (Å²) in [4.78, 5) is 34.8. The minimum Gasteiger partial charge on any atom is -0.497 e. The van der Waals surface area contributed by atoms with E-state index in [9.17, 15) is 9.59 Å². The maximum atomic E-state index is 12.8. The molecule has 5 rings (SSSR count). The van der Waals surface area contributed by atoms with Crippen molar-refractivity contribution in [2.45, 2.75) is 6.54 Å². The van der Waals surface area contributed by atoms with Crippen LogP contribution in [0.1, 0.15) is 16.1 Å². The normalized spacial score (nSPS) is 14.3. The SMILES string of the molecule is COc1ccc(C(=O)N2CCN(Cc3cc(=O)n4nc(-c5ccc(OC)cc5)sc4n3)CC2)cc1. The molecular formula is C25H25N5O4S. The van der Waals surface area contributed by atoms with Crippen molar-refractivity contribution in [3.05, 3.63) is 76.2 Å². The molecule has 0 unspecified atom stereocenters. The zero-order valence-electron chi connectivity index (χ0n) is 19.5. The van der Waals surface area contributed by atoms with E-state index >= 15 is 0 Å². The van der Waals surface area contributed by atoms with Crippen LogP contribution < -0.4 is 15.0 Å². The Balaban J connectivity index is 1.25. The van der Waals surface area contributed by atoms with Gasteiger partial charge in [-0.15, -0.1) is 0 Å². The quantitative estimate of drug-likeness (QED) is 0.410. The minimum absolute atomic E-state index is 0.0146. The van der Waals surface area contributed by atoms with Gasteiger partial charge in [0.1, 0.15) is 16.5 Å². The van der Waals surface area contributed by atoms with Crippen molar-refractivity contribution in [1.29, 1.82) is 0 Å². The van der Waals surface area contributed by atoms with E-state index in [0.717, 1.165) is 22.1 Å². The average Bonchev–Trinajstić information content (AvgIpc) is 3.34. The molecule has 1 aliphatic rings. The summed E-state index contributed by atoms with van der Waals surface area (Å²) >= 11 is 1.38. The topological polar surface area (TPSA) is 89.3 Å². The summed E-state index contributed by atoms with van der Waals surface area (Å²) in [5, 5.41) is 5.17. The van der Waals surface area contributed by atoms with Gasteiger partial charge in [-0.25, -0.2) is 4.98 Å². The molecule has 10 heteroatoms. The van der Waals surface area contributed by atoms with E-state index in [0.29, 0.717) is 48.9 Å². The van der Waals surface area contributed by atoms with Crippen molar-refractivity contribution in [3.63, 3.8) is 0 Å². The van der Waals surface area contributed by atoms with E-state index in [2.05, 4.69) is 15.0 Å². The highest BCUT2D eigenvalue weighted by atomic mass is 32.1. The van der Waals surface area contributed by atoms with E-state index in [4.69, 9.17) is 9.47 Å². The molecule has 0 bridgehead atoms. The molecule has 1 amide bonds. The number of methoxy groups -OCH3 is 2. The van der Waals surface area contributed by atoms with Gasteiger partial charge in [0.2, 0.25) is 4.96 Å². The summed E-state index contributed by atoms with van der Waals surface area (Å²) in [7, 11) is 3.22. The van der Waals surface area contributed by atoms with Gasteiger partial charge in [-0.05, 0) is 48.5 Å². The van der Waals surface area contributed by atoms with Gasteiger partial charge in [0.25, 0.3) is 11.5 Å². The van der Waals surface area contributed by atoms with E-state index in [1.165, 1.54) is 15.9 Å². The third kappa shape index (κ3) is 4.89. The number of hydrogen-bond donors (Lipinski definition) is 0. The number of nitrogens with zero attached hydrogens (tertiary/aromatic N) is 5. The summed E-state index contributed by atoms with van der Waals surface area (Å²) in [6.45, 7) is 3.21. The van der Waals surface area contributed by atoms with Crippen LogP contribution in [0.2, 0.25) is 0 Å². The highest BCUT2D eigenvalue weighted by Gasteiger charge is 2.23. The van der Waals surface area contributed by atoms with Crippen molar-refractivity contribution in [1.82, 2.24) is 24.4 Å². The molecule has 1 saturated heterocycles. The zero-order valence-corrected chi connectivity index (χ0v) is 20.3. The Morgan fingerprint density at radius 2 is 1.57 bits per heavy atom. The highest BCUT2D eigenvalue weighted by molar-refractivity contribution is 7.19. The third-order valence-electron chi connectivity index (χ3n) is 6.02. The Morgan fingerprint density at radius 3 is 2.20 bits per heavy atom. The first-order valence-corrected chi connectivity index (χ1v) is 12.1. The molecule has 9 nitrogen and oxygen atoms in total. The number of rotatable bonds is 6. The molecule has 180 valence electrons. The number of aromatic nitrogens is 3. The van der Waals surface area contributed by atoms with Crippen LogP contribution in [0.15, 0.2) is 59.4 Å². The molecule has 2 aromatic carbocycles. The molecule has 2 aromatic heterocycles. The van der Waals surface area contributed by atoms with E-state index in [1.807, 2.05) is 29.2 Å². The van der Waals surface area contributed by atoms with Crippen molar-refractivity contribution >= 4 is 22.2 Å². The molecule has 0 aliphatic carbocycles. The highest BCUT2D eigenvalue weighted by Crippen LogP contribution is 2.26. The van der Waals surface area contributed by atoms with Crippen molar-refractivity contribution in [2.24, 2.45) is 0 Å². The lowest BCUT2D eigenvalue weighted by Crippen LogP contribution is -2.48. The Morgan fingerprint density at radius 1 is 0.943 bits per heavy atom. The van der Waals surface area contributed by atoms with Crippen LogP contribution >= 0.6 is 11.3 Å². The Labute approximate surface area is 206 Å². The summed E-state index contributed by atoms with van der Waals surface area (Å²) in [5.41, 5.74) is 2.06. The summed E-state index contributed by atoms with van der Waals surface area (Å²) in [5.74, 6) is 1.50. The minimum atomic E-state index is -0.200. The largest absolute Gasteiger partial charge is 0.497 e. The predicted octanol–water partition coefficient (Wildman–Crippen LogP) is 2.79. The van der Waals surface area contributed by atoms with Crippen LogP contribution in [0.3, 0.4) is 0 Å². The number of carbonyl (C=O) groups excluding carboxylic acids is 1. The van der Waals surface area contributed by atoms with E-state index < -0.39 is 0 Å². The summed E-state index contributed by atoms with van der Waals surface area (Å²) in [6.07, 6.45) is 0. The monoisotopic (exact) mass is 491 g/mol. The standard InChI is InChI=1S/C25H25N5O4S/c1-33-20-7-3-17(4-8-20)23-27-30-22(31)15-19(26-25(30)35-23)16-28-11-13-29(14-12-28)24(32)18-5-9-21(34-2)10-6-18/h3-10,15H,11-14,16H2,1-2H3. The number of carbonyl (C=O) groups is 1. The molecule has 0 N–H and O–H groups in total. The first-order valence-electron chi connectivity index (χ1n) is 11.2. The molecule has 1 fully saturated rings. The third-order valence-corrected chi connectivity index (χ3v) is 6.97.